The fraction of sp³-hybridized carbons (Fsp3) is 0.333. The van der Waals surface area contributed by atoms with Gasteiger partial charge in [-0.25, -0.2) is 18.1 Å². The Morgan fingerprint density at radius 1 is 0.889 bits per heavy atom. The van der Waals surface area contributed by atoms with E-state index in [1.54, 1.807) is 85.1 Å². The first-order chi connectivity index (χ1) is 25.5. The topological polar surface area (TPSA) is 146 Å². The summed E-state index contributed by atoms with van der Waals surface area (Å²) in [6.45, 7) is 4.90. The number of rotatable bonds is 13. The summed E-state index contributed by atoms with van der Waals surface area (Å²) < 4.78 is 80.5. The highest BCUT2D eigenvalue weighted by molar-refractivity contribution is 7.89. The number of ether oxygens (including phenoxy) is 1. The first kappa shape index (κ1) is 40.6. The van der Waals surface area contributed by atoms with Gasteiger partial charge in [0.1, 0.15) is 0 Å². The molecule has 2 amide bonds. The van der Waals surface area contributed by atoms with E-state index in [0.29, 0.717) is 39.8 Å². The van der Waals surface area contributed by atoms with Gasteiger partial charge in [-0.3, -0.25) is 4.79 Å². The molecule has 4 N–H and O–H groups in total. The van der Waals surface area contributed by atoms with Gasteiger partial charge in [-0.05, 0) is 53.3 Å². The van der Waals surface area contributed by atoms with Crippen LogP contribution in [0, 0.1) is 5.41 Å². The van der Waals surface area contributed by atoms with Crippen molar-refractivity contribution in [2.75, 3.05) is 20.3 Å². The number of thiophene rings is 1. The molecule has 0 aliphatic heterocycles. The summed E-state index contributed by atoms with van der Waals surface area (Å²) in [4.78, 5) is 30.0. The van der Waals surface area contributed by atoms with Crippen molar-refractivity contribution >= 4 is 44.3 Å². The lowest BCUT2D eigenvalue weighted by Crippen LogP contribution is -2.53. The van der Waals surface area contributed by atoms with E-state index in [1.807, 2.05) is 20.8 Å². The Hall–Kier alpha value is -4.54. The number of sulfonamides is 1. The Morgan fingerprint density at radius 3 is 2.02 bits per heavy atom. The number of imide groups is 1. The SMILES string of the molecule is COC(=O)N(C(=O)[C@@H](N)C(c1ccccc1)c1ccccc1)[C@H](c1ccc([C@@H](CO)N(CCC(C)(C)C)S(=O)(=O)c2cccc3[nH]ccc23)s1)C(F)(F)F. The van der Waals surface area contributed by atoms with Gasteiger partial charge in [0.25, 0.3) is 5.91 Å². The molecule has 3 atom stereocenters. The monoisotopic (exact) mass is 784 g/mol. The van der Waals surface area contributed by atoms with Crippen molar-refractivity contribution < 1.29 is 41.0 Å². The molecule has 0 spiro atoms. The number of hydrogen-bond donors (Lipinski definition) is 3. The minimum atomic E-state index is -5.22. The third-order valence-corrected chi connectivity index (χ3v) is 12.3. The number of alkyl halides is 3. The van der Waals surface area contributed by atoms with Gasteiger partial charge < -0.3 is 20.6 Å². The molecule has 0 aliphatic carbocycles. The second-order valence-corrected chi connectivity index (χ2v) is 17.0. The number of nitrogens with zero attached hydrogens (tertiary/aromatic N) is 2. The third-order valence-electron chi connectivity index (χ3n) is 9.13. The molecule has 0 radical (unpaired) electrons. The number of nitrogens with two attached hydrogens (primary N) is 1. The van der Waals surface area contributed by atoms with E-state index in [0.717, 1.165) is 17.5 Å². The summed E-state index contributed by atoms with van der Waals surface area (Å²) in [6.07, 6.45) is -4.86. The van der Waals surface area contributed by atoms with E-state index in [2.05, 4.69) is 4.98 Å². The zero-order chi connectivity index (χ0) is 39.4. The predicted octanol–water partition coefficient (Wildman–Crippen LogP) is 7.75. The van der Waals surface area contributed by atoms with Crippen LogP contribution in [-0.4, -0.2) is 72.2 Å². The molecule has 2 aromatic heterocycles. The summed E-state index contributed by atoms with van der Waals surface area (Å²) in [5, 5.41) is 11.2. The maximum Gasteiger partial charge on any atom is 0.417 e. The highest BCUT2D eigenvalue weighted by Gasteiger charge is 2.52. The number of aromatic amines is 1. The second-order valence-electron chi connectivity index (χ2n) is 14.0. The molecule has 15 heteroatoms. The maximum atomic E-state index is 15.3. The normalized spacial score (nSPS) is 14.3. The molecule has 54 heavy (non-hydrogen) atoms. The Kier molecular flexibility index (Phi) is 12.4. The molecule has 5 rings (SSSR count). The average Bonchev–Trinajstić information content (AvgIpc) is 3.82. The largest absolute Gasteiger partial charge is 0.452 e. The molecule has 0 unspecified atom stereocenters. The number of benzene rings is 3. The molecule has 0 aliphatic rings. The van der Waals surface area contributed by atoms with E-state index in [1.165, 1.54) is 12.1 Å². The Bertz CT molecular complexity index is 2110. The molecule has 0 fully saturated rings. The zero-order valence-electron chi connectivity index (χ0n) is 30.2. The van der Waals surface area contributed by atoms with Gasteiger partial charge >= 0.3 is 12.3 Å². The molecule has 0 saturated heterocycles. The predicted molar refractivity (Wildman–Crippen MR) is 201 cm³/mol. The third kappa shape index (κ3) is 8.71. The number of halogens is 3. The molecule has 288 valence electrons. The number of nitrogens with one attached hydrogen (secondary N) is 1. The molecule has 10 nitrogen and oxygen atoms in total. The van der Waals surface area contributed by atoms with Crippen LogP contribution in [0.1, 0.15) is 66.1 Å². The number of fused-ring (bicyclic) bond motifs is 1. The van der Waals surface area contributed by atoms with Crippen LogP contribution in [0.5, 0.6) is 0 Å². The number of amides is 2. The lowest BCUT2D eigenvalue weighted by atomic mass is 9.84. The molecular formula is C39H43F3N4O6S2. The van der Waals surface area contributed by atoms with Crippen LogP contribution in [0.15, 0.2) is 108 Å². The maximum absolute atomic E-state index is 15.3. The quantitative estimate of drug-likeness (QED) is 0.111. The number of aromatic nitrogens is 1. The van der Waals surface area contributed by atoms with Crippen molar-refractivity contribution in [3.8, 4) is 0 Å². The average molecular weight is 785 g/mol. The molecule has 0 bridgehead atoms. The number of carbonyl (C=O) groups is 2. The lowest BCUT2D eigenvalue weighted by molar-refractivity contribution is -0.186. The van der Waals surface area contributed by atoms with Gasteiger partial charge in [0, 0.05) is 39.3 Å². The van der Waals surface area contributed by atoms with E-state index < -0.39 is 63.7 Å². The van der Waals surface area contributed by atoms with Gasteiger partial charge in [0.2, 0.25) is 10.0 Å². The van der Waals surface area contributed by atoms with Crippen molar-refractivity contribution in [1.82, 2.24) is 14.2 Å². The minimum Gasteiger partial charge on any atom is -0.452 e. The zero-order valence-corrected chi connectivity index (χ0v) is 31.8. The molecule has 2 heterocycles. The number of carbonyl (C=O) groups excluding carboxylic acids is 2. The smallest absolute Gasteiger partial charge is 0.417 e. The van der Waals surface area contributed by atoms with Crippen molar-refractivity contribution in [3.63, 3.8) is 0 Å². The fourth-order valence-electron chi connectivity index (χ4n) is 6.40. The standard InChI is InChI=1S/C39H43F3N4O6S2/c1-38(2,3)21-23-45(54(50,51)32-17-11-16-28-27(32)20-22-44-28)29(24-47)30-18-19-31(53-30)35(39(40,41)42)46(37(49)52-4)36(48)34(43)33(25-12-7-5-8-13-25)26-14-9-6-10-15-26/h5-20,22,29,33-35,44,47H,21,23-24,43H2,1-4H3/t29-,34+,35-/m1/s1. The van der Waals surface area contributed by atoms with Crippen LogP contribution in [0.25, 0.3) is 10.9 Å². The van der Waals surface area contributed by atoms with Crippen LogP contribution < -0.4 is 5.73 Å². The molecular weight excluding hydrogens is 742 g/mol. The Labute approximate surface area is 316 Å². The summed E-state index contributed by atoms with van der Waals surface area (Å²) in [7, 11) is -3.50. The number of aliphatic hydroxyl groups is 1. The first-order valence-corrected chi connectivity index (χ1v) is 19.4. The van der Waals surface area contributed by atoms with E-state index in [-0.39, 0.29) is 26.6 Å². The lowest BCUT2D eigenvalue weighted by Gasteiger charge is -2.34. The molecule has 0 saturated carbocycles. The molecule has 5 aromatic rings. The number of H-pyrrole nitrogens is 1. The van der Waals surface area contributed by atoms with E-state index in [4.69, 9.17) is 10.5 Å². The molecule has 3 aromatic carbocycles. The number of hydrogen-bond acceptors (Lipinski definition) is 8. The van der Waals surface area contributed by atoms with E-state index >= 15 is 13.2 Å². The minimum absolute atomic E-state index is 0.0200. The number of aliphatic hydroxyl groups excluding tert-OH is 1. The fourth-order valence-corrected chi connectivity index (χ4v) is 9.51. The highest BCUT2D eigenvalue weighted by atomic mass is 32.2. The van der Waals surface area contributed by atoms with Crippen molar-refractivity contribution in [1.29, 1.82) is 0 Å². The Balaban J connectivity index is 1.59. The second kappa shape index (κ2) is 16.4. The van der Waals surface area contributed by atoms with Crippen molar-refractivity contribution in [3.05, 3.63) is 124 Å². The summed E-state index contributed by atoms with van der Waals surface area (Å²) >= 11 is 0.531. The van der Waals surface area contributed by atoms with Crippen LogP contribution >= 0.6 is 11.3 Å². The van der Waals surface area contributed by atoms with Crippen LogP contribution in [0.4, 0.5) is 18.0 Å². The van der Waals surface area contributed by atoms with Crippen molar-refractivity contribution in [2.45, 2.75) is 62.3 Å². The van der Waals surface area contributed by atoms with Crippen molar-refractivity contribution in [2.24, 2.45) is 11.1 Å². The van der Waals surface area contributed by atoms with Gasteiger partial charge in [-0.1, -0.05) is 87.5 Å². The van der Waals surface area contributed by atoms with Crippen LogP contribution in [0.3, 0.4) is 0 Å². The van der Waals surface area contributed by atoms with Crippen LogP contribution in [0.2, 0.25) is 0 Å². The summed E-state index contributed by atoms with van der Waals surface area (Å²) in [5.74, 6) is -2.28. The van der Waals surface area contributed by atoms with Gasteiger partial charge in [0.05, 0.1) is 30.7 Å². The van der Waals surface area contributed by atoms with Crippen LogP contribution in [-0.2, 0) is 19.6 Å². The van der Waals surface area contributed by atoms with Gasteiger partial charge in [-0.2, -0.15) is 17.5 Å². The number of methoxy groups -OCH3 is 1. The summed E-state index contributed by atoms with van der Waals surface area (Å²) in [6, 6.07) is 19.9. The first-order valence-electron chi connectivity index (χ1n) is 17.1. The van der Waals surface area contributed by atoms with Gasteiger partial charge in [-0.15, -0.1) is 11.3 Å². The summed E-state index contributed by atoms with van der Waals surface area (Å²) in [5.41, 5.74) is 7.80. The highest BCUT2D eigenvalue weighted by Crippen LogP contribution is 2.44. The van der Waals surface area contributed by atoms with E-state index in [9.17, 15) is 23.1 Å². The van der Waals surface area contributed by atoms with Gasteiger partial charge in [0.15, 0.2) is 6.04 Å². The Morgan fingerprint density at radius 2 is 1.48 bits per heavy atom.